The van der Waals surface area contributed by atoms with Crippen molar-refractivity contribution in [2.24, 2.45) is 5.92 Å². The van der Waals surface area contributed by atoms with Crippen molar-refractivity contribution >= 4 is 6.03 Å². The van der Waals surface area contributed by atoms with Crippen molar-refractivity contribution < 1.29 is 9.53 Å². The second-order valence-electron chi connectivity index (χ2n) is 5.76. The van der Waals surface area contributed by atoms with E-state index in [4.69, 9.17) is 4.74 Å². The summed E-state index contributed by atoms with van der Waals surface area (Å²) in [5.74, 6) is 1.48. The van der Waals surface area contributed by atoms with Gasteiger partial charge in [0.1, 0.15) is 5.75 Å². The van der Waals surface area contributed by atoms with Crippen molar-refractivity contribution in [1.82, 2.24) is 10.6 Å². The van der Waals surface area contributed by atoms with Crippen LogP contribution in [-0.2, 0) is 6.42 Å². The molecular formula is C18H26N2O2. The fourth-order valence-corrected chi connectivity index (χ4v) is 2.79. The number of urea groups is 1. The van der Waals surface area contributed by atoms with Crippen LogP contribution in [0.1, 0.15) is 37.7 Å². The minimum absolute atomic E-state index is 0.144. The number of allylic oxidation sites excluding steroid dienone is 1. The summed E-state index contributed by atoms with van der Waals surface area (Å²) in [5.41, 5.74) is 1.15. The third kappa shape index (κ3) is 5.80. The van der Waals surface area contributed by atoms with Gasteiger partial charge in [0.25, 0.3) is 0 Å². The molecule has 1 aromatic rings. The van der Waals surface area contributed by atoms with E-state index in [1.807, 2.05) is 24.3 Å². The van der Waals surface area contributed by atoms with Gasteiger partial charge in [-0.3, -0.25) is 0 Å². The molecule has 120 valence electrons. The first-order valence-electron chi connectivity index (χ1n) is 8.12. The van der Waals surface area contributed by atoms with Crippen LogP contribution in [0.3, 0.4) is 0 Å². The number of ether oxygens (including phenoxy) is 1. The van der Waals surface area contributed by atoms with E-state index < -0.39 is 0 Å². The highest BCUT2D eigenvalue weighted by Crippen LogP contribution is 2.24. The van der Waals surface area contributed by atoms with Crippen molar-refractivity contribution in [2.75, 3.05) is 13.7 Å². The van der Waals surface area contributed by atoms with Gasteiger partial charge in [0.2, 0.25) is 0 Å². The second-order valence-corrected chi connectivity index (χ2v) is 5.76. The molecule has 2 N–H and O–H groups in total. The van der Waals surface area contributed by atoms with E-state index in [9.17, 15) is 4.79 Å². The lowest BCUT2D eigenvalue weighted by atomic mass is 9.89. The first-order valence-corrected chi connectivity index (χ1v) is 8.12. The molecular weight excluding hydrogens is 276 g/mol. The summed E-state index contributed by atoms with van der Waals surface area (Å²) in [4.78, 5) is 11.7. The highest BCUT2D eigenvalue weighted by atomic mass is 16.5. The van der Waals surface area contributed by atoms with E-state index in [1.165, 1.54) is 32.1 Å². The minimum atomic E-state index is -0.144. The van der Waals surface area contributed by atoms with Crippen LogP contribution >= 0.6 is 0 Å². The fourth-order valence-electron chi connectivity index (χ4n) is 2.79. The quantitative estimate of drug-likeness (QED) is 0.843. The van der Waals surface area contributed by atoms with Gasteiger partial charge < -0.3 is 15.4 Å². The Morgan fingerprint density at radius 2 is 2.14 bits per heavy atom. The van der Waals surface area contributed by atoms with Crippen molar-refractivity contribution in [3.8, 4) is 5.75 Å². The first kappa shape index (κ1) is 16.4. The van der Waals surface area contributed by atoms with E-state index in [1.54, 1.807) is 13.3 Å². The van der Waals surface area contributed by atoms with Gasteiger partial charge in [0, 0.05) is 12.7 Å². The molecule has 1 aromatic carbocycles. The molecule has 0 spiro atoms. The number of carbonyl (C=O) groups is 1. The van der Waals surface area contributed by atoms with Gasteiger partial charge in [-0.05, 0) is 42.9 Å². The Kier molecular flexibility index (Phi) is 6.81. The van der Waals surface area contributed by atoms with Crippen LogP contribution in [0.15, 0.2) is 36.5 Å². The molecule has 2 amide bonds. The first-order chi connectivity index (χ1) is 10.8. The van der Waals surface area contributed by atoms with E-state index in [-0.39, 0.29) is 6.03 Å². The van der Waals surface area contributed by atoms with Crippen LogP contribution in [0.2, 0.25) is 0 Å². The third-order valence-corrected chi connectivity index (χ3v) is 4.07. The molecule has 0 heterocycles. The molecule has 1 aliphatic carbocycles. The standard InChI is InChI=1S/C18H26N2O2/c1-22-17-9-5-8-16(14-17)11-13-20-18(21)19-12-10-15-6-3-2-4-7-15/h5,8-10,12,14-15H,2-4,6-7,11,13H2,1H3,(H2,19,20,21)/b12-10+. The Morgan fingerprint density at radius 3 is 2.91 bits per heavy atom. The van der Waals surface area contributed by atoms with Crippen molar-refractivity contribution in [3.63, 3.8) is 0 Å². The third-order valence-electron chi connectivity index (χ3n) is 4.07. The average molecular weight is 302 g/mol. The fraction of sp³-hybridized carbons (Fsp3) is 0.500. The summed E-state index contributed by atoms with van der Waals surface area (Å²) >= 11 is 0. The molecule has 1 saturated carbocycles. The number of amides is 2. The summed E-state index contributed by atoms with van der Waals surface area (Å²) < 4.78 is 5.18. The number of hydrogen-bond donors (Lipinski definition) is 2. The van der Waals surface area contributed by atoms with Crippen LogP contribution in [0, 0.1) is 5.92 Å². The highest BCUT2D eigenvalue weighted by Gasteiger charge is 2.09. The molecule has 0 bridgehead atoms. The van der Waals surface area contributed by atoms with Crippen molar-refractivity contribution in [3.05, 3.63) is 42.1 Å². The van der Waals surface area contributed by atoms with Gasteiger partial charge in [0.05, 0.1) is 7.11 Å². The molecule has 0 saturated heterocycles. The molecule has 1 fully saturated rings. The second kappa shape index (κ2) is 9.13. The average Bonchev–Trinajstić information content (AvgIpc) is 2.56. The highest BCUT2D eigenvalue weighted by molar-refractivity contribution is 5.74. The van der Waals surface area contributed by atoms with Gasteiger partial charge in [-0.25, -0.2) is 4.79 Å². The lowest BCUT2D eigenvalue weighted by Crippen LogP contribution is -2.33. The lowest BCUT2D eigenvalue weighted by molar-refractivity contribution is 0.244. The van der Waals surface area contributed by atoms with Crippen molar-refractivity contribution in [2.45, 2.75) is 38.5 Å². The Morgan fingerprint density at radius 1 is 1.32 bits per heavy atom. The zero-order chi connectivity index (χ0) is 15.6. The SMILES string of the molecule is COc1cccc(CCNC(=O)N/C=C/C2CCCCC2)c1. The Bertz CT molecular complexity index is 494. The molecule has 2 rings (SSSR count). The number of benzene rings is 1. The zero-order valence-electron chi connectivity index (χ0n) is 13.3. The normalized spacial score (nSPS) is 15.7. The van der Waals surface area contributed by atoms with Gasteiger partial charge >= 0.3 is 6.03 Å². The number of methoxy groups -OCH3 is 1. The van der Waals surface area contributed by atoms with Crippen molar-refractivity contribution in [1.29, 1.82) is 0 Å². The molecule has 0 radical (unpaired) electrons. The van der Waals surface area contributed by atoms with Crippen LogP contribution in [0.25, 0.3) is 0 Å². The minimum Gasteiger partial charge on any atom is -0.497 e. The van der Waals surface area contributed by atoms with E-state index >= 15 is 0 Å². The predicted octanol–water partition coefficient (Wildman–Crippen LogP) is 3.63. The summed E-state index contributed by atoms with van der Waals surface area (Å²) in [6, 6.07) is 7.75. The summed E-state index contributed by atoms with van der Waals surface area (Å²) in [5, 5.41) is 5.65. The number of rotatable bonds is 6. The van der Waals surface area contributed by atoms with Crippen LogP contribution in [0.5, 0.6) is 5.75 Å². The lowest BCUT2D eigenvalue weighted by Gasteiger charge is -2.17. The van der Waals surface area contributed by atoms with E-state index in [0.29, 0.717) is 12.5 Å². The zero-order valence-corrected chi connectivity index (χ0v) is 13.3. The molecule has 22 heavy (non-hydrogen) atoms. The molecule has 0 aromatic heterocycles. The monoisotopic (exact) mass is 302 g/mol. The molecule has 1 aliphatic rings. The molecule has 0 atom stereocenters. The van der Waals surface area contributed by atoms with E-state index in [2.05, 4.69) is 16.7 Å². The van der Waals surface area contributed by atoms with Crippen LogP contribution < -0.4 is 15.4 Å². The summed E-state index contributed by atoms with van der Waals surface area (Å²) in [6.07, 6.45) is 11.2. The van der Waals surface area contributed by atoms with Gasteiger partial charge in [0.15, 0.2) is 0 Å². The molecule has 0 unspecified atom stereocenters. The Hall–Kier alpha value is -1.97. The summed E-state index contributed by atoms with van der Waals surface area (Å²) in [7, 11) is 1.66. The topological polar surface area (TPSA) is 50.4 Å². The predicted molar refractivity (Wildman–Crippen MR) is 88.9 cm³/mol. The van der Waals surface area contributed by atoms with Gasteiger partial charge in [-0.15, -0.1) is 0 Å². The Labute approximate surface area is 132 Å². The number of nitrogens with one attached hydrogen (secondary N) is 2. The molecule has 0 aliphatic heterocycles. The number of carbonyl (C=O) groups excluding carboxylic acids is 1. The van der Waals surface area contributed by atoms with E-state index in [0.717, 1.165) is 17.7 Å². The van der Waals surface area contributed by atoms with Crippen LogP contribution in [0.4, 0.5) is 4.79 Å². The maximum Gasteiger partial charge on any atom is 0.318 e. The van der Waals surface area contributed by atoms with Gasteiger partial charge in [-0.1, -0.05) is 37.5 Å². The maximum absolute atomic E-state index is 11.7. The Balaban J connectivity index is 1.63. The largest absolute Gasteiger partial charge is 0.497 e. The smallest absolute Gasteiger partial charge is 0.318 e. The number of hydrogen-bond acceptors (Lipinski definition) is 2. The summed E-state index contributed by atoms with van der Waals surface area (Å²) in [6.45, 7) is 0.607. The van der Waals surface area contributed by atoms with Gasteiger partial charge in [-0.2, -0.15) is 0 Å². The van der Waals surface area contributed by atoms with Crippen LogP contribution in [-0.4, -0.2) is 19.7 Å². The molecule has 4 nitrogen and oxygen atoms in total. The molecule has 4 heteroatoms. The maximum atomic E-state index is 11.7.